The molecule has 4 heterocycles. The fraction of sp³-hybridized carbons (Fsp3) is 0.947. The Labute approximate surface area is 284 Å². The van der Waals surface area contributed by atoms with E-state index in [0.29, 0.717) is 18.3 Å². The highest BCUT2D eigenvalue weighted by atomic mass is 16.7. The maximum absolute atomic E-state index is 13.1. The van der Waals surface area contributed by atoms with E-state index in [-0.39, 0.29) is 77.4 Å². The zero-order valence-electron chi connectivity index (χ0n) is 31.6. The summed E-state index contributed by atoms with van der Waals surface area (Å²) in [5.74, 6) is 1.34. The van der Waals surface area contributed by atoms with Gasteiger partial charge in [-0.2, -0.15) is 0 Å². The number of carbonyl (C=O) groups excluding carboxylic acids is 2. The third-order valence-electron chi connectivity index (χ3n) is 13.0. The third kappa shape index (κ3) is 7.87. The normalized spacial score (nSPS) is 51.0. The summed E-state index contributed by atoms with van der Waals surface area (Å²) in [6, 6.07) is 0. The van der Waals surface area contributed by atoms with Crippen molar-refractivity contribution in [1.29, 1.82) is 0 Å². The van der Waals surface area contributed by atoms with Gasteiger partial charge < -0.3 is 33.2 Å². The van der Waals surface area contributed by atoms with Crippen LogP contribution in [0.3, 0.4) is 0 Å². The van der Waals surface area contributed by atoms with Crippen LogP contribution in [0.25, 0.3) is 0 Å². The van der Waals surface area contributed by atoms with Gasteiger partial charge in [0.25, 0.3) is 0 Å². The maximum Gasteiger partial charge on any atom is 0.162 e. The Morgan fingerprint density at radius 1 is 0.447 bits per heavy atom. The molecule has 4 rings (SSSR count). The highest BCUT2D eigenvalue weighted by Gasteiger charge is 2.52. The number of Topliss-reactive ketones (excluding diaryl/α,β-unsaturated/α-hetero) is 2. The Balaban J connectivity index is 1.47. The van der Waals surface area contributed by atoms with E-state index < -0.39 is 43.3 Å². The topological polar surface area (TPSA) is 98.8 Å². The van der Waals surface area contributed by atoms with Crippen molar-refractivity contribution in [3.63, 3.8) is 0 Å². The minimum atomic E-state index is -0.759. The summed E-state index contributed by atoms with van der Waals surface area (Å²) >= 11 is 0. The summed E-state index contributed by atoms with van der Waals surface area (Å²) in [5.41, 5.74) is 0. The van der Waals surface area contributed by atoms with Gasteiger partial charge in [-0.15, -0.1) is 0 Å². The van der Waals surface area contributed by atoms with Crippen molar-refractivity contribution in [2.45, 2.75) is 177 Å². The fourth-order valence-corrected chi connectivity index (χ4v) is 8.33. The zero-order valence-corrected chi connectivity index (χ0v) is 31.6. The molecule has 0 radical (unpaired) electrons. The lowest BCUT2D eigenvalue weighted by atomic mass is 9.78. The molecule has 0 bridgehead atoms. The maximum atomic E-state index is 13.1. The molecule has 8 unspecified atom stereocenters. The lowest BCUT2D eigenvalue weighted by Gasteiger charge is -2.51. The predicted octanol–water partition coefficient (Wildman–Crippen LogP) is 6.83. The number of ketones is 2. The highest BCUT2D eigenvalue weighted by Crippen LogP contribution is 2.44. The van der Waals surface area contributed by atoms with Crippen molar-refractivity contribution in [2.75, 3.05) is 0 Å². The van der Waals surface area contributed by atoms with Gasteiger partial charge in [0.2, 0.25) is 0 Å². The molecule has 20 atom stereocenters. The summed E-state index contributed by atoms with van der Waals surface area (Å²) in [7, 11) is 0. The predicted molar refractivity (Wildman–Crippen MR) is 179 cm³/mol. The molecule has 0 aromatic heterocycles. The molecule has 0 amide bonds. The van der Waals surface area contributed by atoms with E-state index in [1.807, 2.05) is 6.92 Å². The number of carbonyl (C=O) groups is 2. The van der Waals surface area contributed by atoms with E-state index in [1.165, 1.54) is 0 Å². The van der Waals surface area contributed by atoms with Crippen molar-refractivity contribution >= 4 is 11.6 Å². The SMILES string of the molecule is CCC1O[C@@H](O[C@@H]2C(C(C)=O)O[C@@H](O[C@@H]3C(CC)O[C@H](O[C@@H]4C(C(C)=O)O[C@H](C)C(C)[C@@H]4C)C(C)[C@H]3C)C(C)[C@H]2C)C(C)[C@@H](C)[C@@H]1C. The molecule has 9 nitrogen and oxygen atoms in total. The number of ether oxygens (including phenoxy) is 7. The Morgan fingerprint density at radius 2 is 0.830 bits per heavy atom. The first-order valence-corrected chi connectivity index (χ1v) is 18.6. The van der Waals surface area contributed by atoms with E-state index in [1.54, 1.807) is 13.8 Å². The molecule has 0 aliphatic carbocycles. The van der Waals surface area contributed by atoms with Gasteiger partial charge in [-0.3, -0.25) is 9.59 Å². The van der Waals surface area contributed by atoms with Crippen LogP contribution in [-0.2, 0) is 42.7 Å². The Kier molecular flexibility index (Phi) is 13.2. The van der Waals surface area contributed by atoms with Gasteiger partial charge in [0.1, 0.15) is 12.2 Å². The molecule has 47 heavy (non-hydrogen) atoms. The Morgan fingerprint density at radius 3 is 1.32 bits per heavy atom. The molecule has 4 fully saturated rings. The molecule has 4 aliphatic heterocycles. The van der Waals surface area contributed by atoms with Gasteiger partial charge in [0, 0.05) is 17.8 Å². The summed E-state index contributed by atoms with van der Waals surface area (Å²) < 4.78 is 46.0. The first kappa shape index (κ1) is 38.9. The summed E-state index contributed by atoms with van der Waals surface area (Å²) in [6.07, 6.45) is -2.48. The lowest BCUT2D eigenvalue weighted by Crippen LogP contribution is -2.60. The van der Waals surface area contributed by atoms with Gasteiger partial charge in [0.15, 0.2) is 30.4 Å². The molecule has 0 saturated carbocycles. The van der Waals surface area contributed by atoms with Gasteiger partial charge in [-0.05, 0) is 69.1 Å². The van der Waals surface area contributed by atoms with Crippen LogP contribution in [0, 0.1) is 53.3 Å². The van der Waals surface area contributed by atoms with Gasteiger partial charge in [0.05, 0.1) is 36.6 Å². The average molecular weight is 667 g/mol. The van der Waals surface area contributed by atoms with Crippen LogP contribution in [0.15, 0.2) is 0 Å². The molecule has 0 spiro atoms. The van der Waals surface area contributed by atoms with Crippen LogP contribution in [-0.4, -0.2) is 79.3 Å². The molecule has 0 aromatic carbocycles. The van der Waals surface area contributed by atoms with Crippen LogP contribution >= 0.6 is 0 Å². The molecule has 9 heteroatoms. The van der Waals surface area contributed by atoms with E-state index >= 15 is 0 Å². The van der Waals surface area contributed by atoms with Crippen LogP contribution in [0.5, 0.6) is 0 Å². The number of hydrogen-bond acceptors (Lipinski definition) is 9. The van der Waals surface area contributed by atoms with Crippen molar-refractivity contribution in [3.05, 3.63) is 0 Å². The van der Waals surface area contributed by atoms with Crippen LogP contribution in [0.1, 0.15) is 110 Å². The fourth-order valence-electron chi connectivity index (χ4n) is 8.33. The first-order chi connectivity index (χ1) is 22.0. The standard InChI is InChI=1S/C38H66O9/c1-15-29-19(5)17(3)23(9)36(42-29)46-33-22(8)25(11)38(47-35(33)27(13)40)44-31-21(7)24(10)37(43-30(31)16-2)45-32-20(6)18(4)28(14)41-34(32)26(12)39/h17-25,28-38H,15-16H2,1-14H3/t17-,18?,19-,20-,21+,22+,23?,24?,25?,28+,29?,30?,31-,32-,33-,34?,35?,36-,37+,38+/m0/s1. The van der Waals surface area contributed by atoms with Crippen LogP contribution in [0.4, 0.5) is 0 Å². The van der Waals surface area contributed by atoms with Crippen molar-refractivity contribution in [1.82, 2.24) is 0 Å². The molecule has 0 N–H and O–H groups in total. The van der Waals surface area contributed by atoms with Crippen LogP contribution < -0.4 is 0 Å². The van der Waals surface area contributed by atoms with Gasteiger partial charge in [-0.1, -0.05) is 76.2 Å². The second kappa shape index (κ2) is 15.9. The Bertz CT molecular complexity index is 1050. The molecule has 4 saturated heterocycles. The van der Waals surface area contributed by atoms with E-state index in [4.69, 9.17) is 33.2 Å². The number of hydrogen-bond donors (Lipinski definition) is 0. The van der Waals surface area contributed by atoms with Gasteiger partial charge >= 0.3 is 0 Å². The number of rotatable bonds is 10. The van der Waals surface area contributed by atoms with Crippen molar-refractivity contribution in [3.8, 4) is 0 Å². The van der Waals surface area contributed by atoms with Crippen molar-refractivity contribution < 1.29 is 42.7 Å². The third-order valence-corrected chi connectivity index (χ3v) is 13.0. The first-order valence-electron chi connectivity index (χ1n) is 18.6. The quantitative estimate of drug-likeness (QED) is 0.249. The summed E-state index contributed by atoms with van der Waals surface area (Å²) in [4.78, 5) is 25.7. The lowest BCUT2D eigenvalue weighted by molar-refractivity contribution is -0.350. The summed E-state index contributed by atoms with van der Waals surface area (Å²) in [5, 5.41) is 0. The van der Waals surface area contributed by atoms with E-state index in [9.17, 15) is 9.59 Å². The summed E-state index contributed by atoms with van der Waals surface area (Å²) in [6.45, 7) is 28.9. The molecular weight excluding hydrogens is 600 g/mol. The average Bonchev–Trinajstić information content (AvgIpc) is 3.03. The van der Waals surface area contributed by atoms with Crippen molar-refractivity contribution in [2.24, 2.45) is 53.3 Å². The van der Waals surface area contributed by atoms with Crippen LogP contribution in [0.2, 0.25) is 0 Å². The largest absolute Gasteiger partial charge is 0.364 e. The monoisotopic (exact) mass is 666 g/mol. The smallest absolute Gasteiger partial charge is 0.162 e. The van der Waals surface area contributed by atoms with E-state index in [2.05, 4.69) is 76.2 Å². The second-order valence-electron chi connectivity index (χ2n) is 15.8. The molecule has 272 valence electrons. The minimum absolute atomic E-state index is 0.0118. The zero-order chi connectivity index (χ0) is 35.1. The molecule has 4 aliphatic rings. The van der Waals surface area contributed by atoms with Gasteiger partial charge in [-0.25, -0.2) is 0 Å². The Hall–Kier alpha value is -0.940. The van der Waals surface area contributed by atoms with E-state index in [0.717, 1.165) is 6.42 Å². The molecule has 0 aromatic rings. The second-order valence-corrected chi connectivity index (χ2v) is 15.8. The molecular formula is C38H66O9. The minimum Gasteiger partial charge on any atom is -0.364 e. The highest BCUT2D eigenvalue weighted by molar-refractivity contribution is 5.81.